The fraction of sp³-hybridized carbons (Fsp3) is 0.105. The molecule has 0 atom stereocenters. The molecule has 4 aromatic rings. The molecule has 0 bridgehead atoms. The van der Waals surface area contributed by atoms with Gasteiger partial charge in [0.25, 0.3) is 0 Å². The van der Waals surface area contributed by atoms with Crippen LogP contribution in [0.15, 0.2) is 60.8 Å². The molecule has 0 saturated carbocycles. The fourth-order valence-corrected chi connectivity index (χ4v) is 2.98. The lowest BCUT2D eigenvalue weighted by molar-refractivity contribution is -0.138. The number of halogens is 3. The minimum atomic E-state index is -4.37. The average Bonchev–Trinajstić information content (AvgIpc) is 2.97. The molecule has 0 spiro atoms. The van der Waals surface area contributed by atoms with E-state index in [0.29, 0.717) is 5.82 Å². The normalized spacial score (nSPS) is 12.0. The number of para-hydroxylation sites is 1. The zero-order chi connectivity index (χ0) is 17.4. The van der Waals surface area contributed by atoms with E-state index < -0.39 is 11.7 Å². The summed E-state index contributed by atoms with van der Waals surface area (Å²) in [6.07, 6.45) is -2.68. The van der Waals surface area contributed by atoms with Crippen molar-refractivity contribution in [2.24, 2.45) is 0 Å². The van der Waals surface area contributed by atoms with Crippen LogP contribution in [0.4, 0.5) is 19.0 Å². The van der Waals surface area contributed by atoms with Gasteiger partial charge in [0.05, 0.1) is 17.3 Å². The summed E-state index contributed by atoms with van der Waals surface area (Å²) in [5.41, 5.74) is 1.45. The van der Waals surface area contributed by atoms with Crippen LogP contribution in [0.2, 0.25) is 0 Å². The van der Waals surface area contributed by atoms with Crippen LogP contribution in [0.5, 0.6) is 0 Å². The maximum Gasteiger partial charge on any atom is 0.416 e. The molecule has 2 aromatic carbocycles. The highest BCUT2D eigenvalue weighted by atomic mass is 19.4. The molecule has 0 amide bonds. The van der Waals surface area contributed by atoms with E-state index >= 15 is 0 Å². The Kier molecular flexibility index (Phi) is 3.60. The molecule has 2 N–H and O–H groups in total. The molecule has 0 radical (unpaired) electrons. The minimum Gasteiger partial charge on any atom is -0.366 e. The van der Waals surface area contributed by atoms with Gasteiger partial charge in [-0.3, -0.25) is 0 Å². The third-order valence-electron chi connectivity index (χ3n) is 4.17. The predicted octanol–water partition coefficient (Wildman–Crippen LogP) is 5.35. The number of rotatable bonds is 3. The Labute approximate surface area is 141 Å². The van der Waals surface area contributed by atoms with Crippen LogP contribution in [-0.2, 0) is 12.7 Å². The van der Waals surface area contributed by atoms with Crippen molar-refractivity contribution < 1.29 is 13.2 Å². The maximum atomic E-state index is 13.1. The van der Waals surface area contributed by atoms with E-state index in [1.165, 1.54) is 12.1 Å². The van der Waals surface area contributed by atoms with E-state index in [2.05, 4.69) is 15.3 Å². The van der Waals surface area contributed by atoms with E-state index in [4.69, 9.17) is 0 Å². The Morgan fingerprint density at radius 2 is 1.68 bits per heavy atom. The molecule has 3 nitrogen and oxygen atoms in total. The standard InChI is InChI=1S/C19H14F3N3/c20-19(21,22)15-7-3-1-5-12(15)10-23-18-9-14-13-6-2-4-8-16(13)25-17(14)11-24-18/h1-9,11,25H,10H2,(H,23,24). The Hall–Kier alpha value is -3.02. The molecule has 126 valence electrons. The zero-order valence-electron chi connectivity index (χ0n) is 13.1. The number of H-pyrrole nitrogens is 1. The molecular weight excluding hydrogens is 327 g/mol. The number of fused-ring (bicyclic) bond motifs is 3. The van der Waals surface area contributed by atoms with Crippen molar-refractivity contribution in [3.63, 3.8) is 0 Å². The Morgan fingerprint density at radius 1 is 0.920 bits per heavy atom. The summed E-state index contributed by atoms with van der Waals surface area (Å²) in [5, 5.41) is 5.03. The fourth-order valence-electron chi connectivity index (χ4n) is 2.98. The van der Waals surface area contributed by atoms with Crippen molar-refractivity contribution in [1.82, 2.24) is 9.97 Å². The summed E-state index contributed by atoms with van der Waals surface area (Å²) in [5.74, 6) is 0.536. The van der Waals surface area contributed by atoms with Gasteiger partial charge in [-0.15, -0.1) is 0 Å². The number of anilines is 1. The number of nitrogens with zero attached hydrogens (tertiary/aromatic N) is 1. The summed E-state index contributed by atoms with van der Waals surface area (Å²) in [7, 11) is 0. The van der Waals surface area contributed by atoms with Crippen LogP contribution in [-0.4, -0.2) is 9.97 Å². The van der Waals surface area contributed by atoms with Gasteiger partial charge in [0.2, 0.25) is 0 Å². The first-order chi connectivity index (χ1) is 12.0. The first-order valence-electron chi connectivity index (χ1n) is 7.78. The topological polar surface area (TPSA) is 40.7 Å². The van der Waals surface area contributed by atoms with E-state index in [1.807, 2.05) is 30.3 Å². The van der Waals surface area contributed by atoms with Gasteiger partial charge in [0.1, 0.15) is 5.82 Å². The molecule has 2 aromatic heterocycles. The first-order valence-corrected chi connectivity index (χ1v) is 7.78. The monoisotopic (exact) mass is 341 g/mol. The van der Waals surface area contributed by atoms with Crippen LogP contribution in [0.3, 0.4) is 0 Å². The first kappa shape index (κ1) is 15.5. The second kappa shape index (κ2) is 5.81. The second-order valence-corrected chi connectivity index (χ2v) is 5.79. The minimum absolute atomic E-state index is 0.0521. The second-order valence-electron chi connectivity index (χ2n) is 5.79. The van der Waals surface area contributed by atoms with E-state index in [-0.39, 0.29) is 12.1 Å². The van der Waals surface area contributed by atoms with Crippen LogP contribution in [0.25, 0.3) is 21.8 Å². The summed E-state index contributed by atoms with van der Waals surface area (Å²) >= 11 is 0. The van der Waals surface area contributed by atoms with Gasteiger partial charge >= 0.3 is 6.18 Å². The highest BCUT2D eigenvalue weighted by Crippen LogP contribution is 2.32. The predicted molar refractivity (Wildman–Crippen MR) is 92.4 cm³/mol. The quantitative estimate of drug-likeness (QED) is 0.527. The summed E-state index contributed by atoms with van der Waals surface area (Å²) in [4.78, 5) is 7.55. The van der Waals surface area contributed by atoms with Gasteiger partial charge < -0.3 is 10.3 Å². The third kappa shape index (κ3) is 2.91. The van der Waals surface area contributed by atoms with Crippen LogP contribution in [0.1, 0.15) is 11.1 Å². The summed E-state index contributed by atoms with van der Waals surface area (Å²) in [6, 6.07) is 15.3. The van der Waals surface area contributed by atoms with Crippen molar-refractivity contribution in [1.29, 1.82) is 0 Å². The van der Waals surface area contributed by atoms with Gasteiger partial charge in [-0.05, 0) is 23.8 Å². The lowest BCUT2D eigenvalue weighted by Gasteiger charge is -2.13. The molecular formula is C19H14F3N3. The highest BCUT2D eigenvalue weighted by molar-refractivity contribution is 6.07. The molecule has 0 aliphatic rings. The molecule has 25 heavy (non-hydrogen) atoms. The summed E-state index contributed by atoms with van der Waals surface area (Å²) in [6.45, 7) is 0.0521. The number of alkyl halides is 3. The van der Waals surface area contributed by atoms with Gasteiger partial charge in [0.15, 0.2) is 0 Å². The number of nitrogens with one attached hydrogen (secondary N) is 2. The van der Waals surface area contributed by atoms with Gasteiger partial charge in [0, 0.05) is 22.8 Å². The van der Waals surface area contributed by atoms with Crippen molar-refractivity contribution in [3.8, 4) is 0 Å². The van der Waals surface area contributed by atoms with Crippen molar-refractivity contribution in [2.75, 3.05) is 5.32 Å². The van der Waals surface area contributed by atoms with E-state index in [9.17, 15) is 13.2 Å². The Morgan fingerprint density at radius 3 is 2.52 bits per heavy atom. The molecule has 0 fully saturated rings. The smallest absolute Gasteiger partial charge is 0.366 e. The third-order valence-corrected chi connectivity index (χ3v) is 4.17. The number of hydrogen-bond donors (Lipinski definition) is 2. The maximum absolute atomic E-state index is 13.1. The van der Waals surface area contributed by atoms with Crippen LogP contribution < -0.4 is 5.32 Å². The van der Waals surface area contributed by atoms with Crippen molar-refractivity contribution in [2.45, 2.75) is 12.7 Å². The number of pyridine rings is 1. The zero-order valence-corrected chi connectivity index (χ0v) is 13.1. The molecule has 0 aliphatic carbocycles. The van der Waals surface area contributed by atoms with Gasteiger partial charge in [-0.25, -0.2) is 4.98 Å². The molecule has 2 heterocycles. The van der Waals surface area contributed by atoms with E-state index in [0.717, 1.165) is 27.9 Å². The van der Waals surface area contributed by atoms with Gasteiger partial charge in [-0.2, -0.15) is 13.2 Å². The molecule has 4 rings (SSSR count). The molecule has 0 saturated heterocycles. The molecule has 0 aliphatic heterocycles. The number of aromatic nitrogens is 2. The van der Waals surface area contributed by atoms with Crippen molar-refractivity contribution in [3.05, 3.63) is 71.9 Å². The number of aromatic amines is 1. The van der Waals surface area contributed by atoms with Crippen LogP contribution >= 0.6 is 0 Å². The van der Waals surface area contributed by atoms with Crippen molar-refractivity contribution >= 4 is 27.6 Å². The molecule has 0 unspecified atom stereocenters. The Balaban J connectivity index is 1.65. The van der Waals surface area contributed by atoms with Gasteiger partial charge in [-0.1, -0.05) is 36.4 Å². The SMILES string of the molecule is FC(F)(F)c1ccccc1CNc1cc2c(cn1)[nH]c1ccccc12. The number of benzene rings is 2. The highest BCUT2D eigenvalue weighted by Gasteiger charge is 2.32. The lowest BCUT2D eigenvalue weighted by Crippen LogP contribution is -2.12. The number of hydrogen-bond acceptors (Lipinski definition) is 2. The van der Waals surface area contributed by atoms with Crippen LogP contribution in [0, 0.1) is 0 Å². The average molecular weight is 341 g/mol. The summed E-state index contributed by atoms with van der Waals surface area (Å²) < 4.78 is 39.2. The Bertz CT molecular complexity index is 1050. The largest absolute Gasteiger partial charge is 0.416 e. The lowest BCUT2D eigenvalue weighted by atomic mass is 10.1. The van der Waals surface area contributed by atoms with E-state index in [1.54, 1.807) is 12.3 Å². The molecule has 6 heteroatoms.